The fourth-order valence-electron chi connectivity index (χ4n) is 3.02. The molecule has 1 rings (SSSR count). The minimum atomic E-state index is -0.419. The van der Waals surface area contributed by atoms with E-state index in [1.165, 1.54) is 32.1 Å². The Morgan fingerprint density at radius 3 is 2.22 bits per heavy atom. The standard InChI is InChI=1S/C16H30O2/c1-3-5-6-9-12-15(17)16(18-4-2)13-10-7-8-11-14-16/h3-14H2,1-2H3. The van der Waals surface area contributed by atoms with Crippen LogP contribution in [0.1, 0.15) is 84.5 Å². The molecule has 0 aromatic heterocycles. The second kappa shape index (κ2) is 8.68. The normalized spacial score (nSPS) is 19.4. The van der Waals surface area contributed by atoms with Crippen LogP contribution >= 0.6 is 0 Å². The first-order valence-corrected chi connectivity index (χ1v) is 7.92. The van der Waals surface area contributed by atoms with Crippen LogP contribution in [0.3, 0.4) is 0 Å². The Labute approximate surface area is 112 Å². The average molecular weight is 254 g/mol. The maximum Gasteiger partial charge on any atom is 0.164 e. The maximum atomic E-state index is 12.5. The van der Waals surface area contributed by atoms with Gasteiger partial charge in [-0.1, -0.05) is 51.9 Å². The first-order chi connectivity index (χ1) is 8.75. The first-order valence-electron chi connectivity index (χ1n) is 7.92. The predicted octanol–water partition coefficient (Wildman–Crippen LogP) is 4.66. The van der Waals surface area contributed by atoms with Gasteiger partial charge >= 0.3 is 0 Å². The molecule has 0 heterocycles. The molecule has 2 nitrogen and oxygen atoms in total. The average Bonchev–Trinajstić information content (AvgIpc) is 2.61. The van der Waals surface area contributed by atoms with Crippen LogP contribution in [-0.4, -0.2) is 18.0 Å². The van der Waals surface area contributed by atoms with Crippen LogP contribution < -0.4 is 0 Å². The largest absolute Gasteiger partial charge is 0.368 e. The van der Waals surface area contributed by atoms with Gasteiger partial charge in [0.05, 0.1) is 0 Å². The molecule has 0 radical (unpaired) electrons. The van der Waals surface area contributed by atoms with Gasteiger partial charge in [-0.3, -0.25) is 4.79 Å². The molecule has 0 saturated heterocycles. The third kappa shape index (κ3) is 4.72. The molecule has 0 unspecified atom stereocenters. The van der Waals surface area contributed by atoms with Crippen molar-refractivity contribution in [1.29, 1.82) is 0 Å². The van der Waals surface area contributed by atoms with Gasteiger partial charge in [0.2, 0.25) is 0 Å². The molecule has 1 aliphatic carbocycles. The highest BCUT2D eigenvalue weighted by Gasteiger charge is 2.38. The van der Waals surface area contributed by atoms with E-state index in [0.29, 0.717) is 12.4 Å². The van der Waals surface area contributed by atoms with Gasteiger partial charge in [-0.2, -0.15) is 0 Å². The van der Waals surface area contributed by atoms with E-state index in [2.05, 4.69) is 6.92 Å². The lowest BCUT2D eigenvalue weighted by Crippen LogP contribution is -2.41. The van der Waals surface area contributed by atoms with Gasteiger partial charge in [0.25, 0.3) is 0 Å². The third-order valence-electron chi connectivity index (χ3n) is 4.10. The van der Waals surface area contributed by atoms with Crippen molar-refractivity contribution >= 4 is 5.78 Å². The minimum absolute atomic E-state index is 0.377. The molecule has 0 aromatic rings. The SMILES string of the molecule is CCCCCCC(=O)C1(OCC)CCCCCC1. The molecule has 0 atom stereocenters. The van der Waals surface area contributed by atoms with Gasteiger partial charge in [-0.15, -0.1) is 0 Å². The topological polar surface area (TPSA) is 26.3 Å². The van der Waals surface area contributed by atoms with Gasteiger partial charge in [-0.25, -0.2) is 0 Å². The van der Waals surface area contributed by atoms with Crippen LogP contribution in [0.2, 0.25) is 0 Å². The lowest BCUT2D eigenvalue weighted by atomic mass is 9.86. The van der Waals surface area contributed by atoms with E-state index < -0.39 is 5.60 Å². The van der Waals surface area contributed by atoms with E-state index in [4.69, 9.17) is 4.74 Å². The lowest BCUT2D eigenvalue weighted by Gasteiger charge is -2.31. The quantitative estimate of drug-likeness (QED) is 0.465. The molecule has 2 heteroatoms. The van der Waals surface area contributed by atoms with E-state index in [9.17, 15) is 4.79 Å². The second-order valence-corrected chi connectivity index (χ2v) is 5.58. The number of ketones is 1. The number of Topliss-reactive ketones (excluding diaryl/α,β-unsaturated/α-hetero) is 1. The Bertz CT molecular complexity index is 227. The summed E-state index contributed by atoms with van der Waals surface area (Å²) in [5, 5.41) is 0. The molecule has 106 valence electrons. The van der Waals surface area contributed by atoms with Gasteiger partial charge in [-0.05, 0) is 26.2 Å². The first kappa shape index (κ1) is 15.7. The van der Waals surface area contributed by atoms with Gasteiger partial charge in [0, 0.05) is 13.0 Å². The maximum absolute atomic E-state index is 12.5. The highest BCUT2D eigenvalue weighted by atomic mass is 16.5. The fraction of sp³-hybridized carbons (Fsp3) is 0.938. The third-order valence-corrected chi connectivity index (χ3v) is 4.10. The molecule has 0 N–H and O–H groups in total. The molecule has 1 saturated carbocycles. The van der Waals surface area contributed by atoms with Crippen molar-refractivity contribution in [2.24, 2.45) is 0 Å². The van der Waals surface area contributed by atoms with Crippen LogP contribution in [0.4, 0.5) is 0 Å². The zero-order chi connectivity index (χ0) is 13.3. The summed E-state index contributed by atoms with van der Waals surface area (Å²) in [5.74, 6) is 0.377. The highest BCUT2D eigenvalue weighted by Crippen LogP contribution is 2.32. The van der Waals surface area contributed by atoms with Crippen molar-refractivity contribution in [2.45, 2.75) is 90.1 Å². The van der Waals surface area contributed by atoms with Crippen molar-refractivity contribution in [3.05, 3.63) is 0 Å². The molecule has 1 aliphatic rings. The summed E-state index contributed by atoms with van der Waals surface area (Å²) in [6.07, 6.45) is 12.2. The zero-order valence-electron chi connectivity index (χ0n) is 12.3. The van der Waals surface area contributed by atoms with Crippen LogP contribution in [0.5, 0.6) is 0 Å². The van der Waals surface area contributed by atoms with Gasteiger partial charge in [0.1, 0.15) is 5.60 Å². The van der Waals surface area contributed by atoms with Crippen molar-refractivity contribution in [2.75, 3.05) is 6.61 Å². The number of carbonyl (C=O) groups is 1. The smallest absolute Gasteiger partial charge is 0.164 e. The summed E-state index contributed by atoms with van der Waals surface area (Å²) in [7, 11) is 0. The summed E-state index contributed by atoms with van der Waals surface area (Å²) in [6, 6.07) is 0. The van der Waals surface area contributed by atoms with Crippen molar-refractivity contribution in [3.63, 3.8) is 0 Å². The van der Waals surface area contributed by atoms with E-state index in [1.807, 2.05) is 6.92 Å². The number of hydrogen-bond donors (Lipinski definition) is 0. The lowest BCUT2D eigenvalue weighted by molar-refractivity contribution is -0.146. The van der Waals surface area contributed by atoms with E-state index in [1.54, 1.807) is 0 Å². The van der Waals surface area contributed by atoms with Gasteiger partial charge < -0.3 is 4.74 Å². The van der Waals surface area contributed by atoms with Crippen molar-refractivity contribution in [1.82, 2.24) is 0 Å². The molecule has 0 aliphatic heterocycles. The molecule has 0 amide bonds. The molecule has 1 fully saturated rings. The zero-order valence-corrected chi connectivity index (χ0v) is 12.3. The molecule has 0 spiro atoms. The van der Waals surface area contributed by atoms with Crippen LogP contribution in [0.15, 0.2) is 0 Å². The van der Waals surface area contributed by atoms with Crippen LogP contribution in [0, 0.1) is 0 Å². The Kier molecular flexibility index (Phi) is 7.57. The Morgan fingerprint density at radius 2 is 1.67 bits per heavy atom. The minimum Gasteiger partial charge on any atom is -0.368 e. The summed E-state index contributed by atoms with van der Waals surface area (Å²) >= 11 is 0. The Morgan fingerprint density at radius 1 is 1.00 bits per heavy atom. The summed E-state index contributed by atoms with van der Waals surface area (Å²) in [6.45, 7) is 4.88. The number of hydrogen-bond acceptors (Lipinski definition) is 2. The van der Waals surface area contributed by atoms with Gasteiger partial charge in [0.15, 0.2) is 5.78 Å². The van der Waals surface area contributed by atoms with Crippen LogP contribution in [-0.2, 0) is 9.53 Å². The predicted molar refractivity (Wildman–Crippen MR) is 75.8 cm³/mol. The molecular weight excluding hydrogens is 224 g/mol. The fourth-order valence-corrected chi connectivity index (χ4v) is 3.02. The summed E-state index contributed by atoms with van der Waals surface area (Å²) in [4.78, 5) is 12.5. The Balaban J connectivity index is 2.50. The molecule has 0 aromatic carbocycles. The highest BCUT2D eigenvalue weighted by molar-refractivity contribution is 5.87. The number of carbonyl (C=O) groups excluding carboxylic acids is 1. The summed E-state index contributed by atoms with van der Waals surface area (Å²) < 4.78 is 5.92. The second-order valence-electron chi connectivity index (χ2n) is 5.58. The number of unbranched alkanes of at least 4 members (excludes halogenated alkanes) is 3. The number of ether oxygens (including phenoxy) is 1. The monoisotopic (exact) mass is 254 g/mol. The molecule has 0 bridgehead atoms. The number of rotatable bonds is 8. The van der Waals surface area contributed by atoms with Crippen molar-refractivity contribution in [3.8, 4) is 0 Å². The Hall–Kier alpha value is -0.370. The molecular formula is C16H30O2. The van der Waals surface area contributed by atoms with E-state index in [-0.39, 0.29) is 0 Å². The van der Waals surface area contributed by atoms with Crippen molar-refractivity contribution < 1.29 is 9.53 Å². The summed E-state index contributed by atoms with van der Waals surface area (Å²) in [5.41, 5.74) is -0.419. The van der Waals surface area contributed by atoms with Crippen LogP contribution in [0.25, 0.3) is 0 Å². The van der Waals surface area contributed by atoms with E-state index in [0.717, 1.165) is 38.5 Å². The van der Waals surface area contributed by atoms with E-state index >= 15 is 0 Å². The molecule has 18 heavy (non-hydrogen) atoms.